The van der Waals surface area contributed by atoms with Crippen LogP contribution >= 0.6 is 0 Å². The number of amides is 1. The summed E-state index contributed by atoms with van der Waals surface area (Å²) >= 11 is 0. The fourth-order valence-corrected chi connectivity index (χ4v) is 3.29. The molecule has 0 aromatic heterocycles. The third kappa shape index (κ3) is 3.36. The highest BCUT2D eigenvalue weighted by Gasteiger charge is 2.26. The minimum atomic E-state index is -3.31. The molecule has 1 amide bonds. The Morgan fingerprint density at radius 2 is 1.81 bits per heavy atom. The van der Waals surface area contributed by atoms with Crippen LogP contribution in [0.4, 0.5) is 22.7 Å². The average Bonchev–Trinajstić information content (AvgIpc) is 2.89. The summed E-state index contributed by atoms with van der Waals surface area (Å²) < 4.78 is 24.4. The molecule has 3 rings (SSSR count). The molecule has 0 atom stereocenters. The zero-order valence-electron chi connectivity index (χ0n) is 14.7. The summed E-state index contributed by atoms with van der Waals surface area (Å²) in [6, 6.07) is 12.2. The second kappa shape index (κ2) is 6.38. The quantitative estimate of drug-likeness (QED) is 0.565. The van der Waals surface area contributed by atoms with Gasteiger partial charge in [-0.25, -0.2) is 8.42 Å². The zero-order chi connectivity index (χ0) is 19.1. The number of carbonyl (C=O) groups is 1. The van der Waals surface area contributed by atoms with Crippen molar-refractivity contribution in [2.45, 2.75) is 6.92 Å². The number of nitrogens with two attached hydrogens (primary N) is 1. The first-order valence-corrected chi connectivity index (χ1v) is 9.75. The second-order valence-corrected chi connectivity index (χ2v) is 8.18. The Balaban J connectivity index is 1.89. The van der Waals surface area contributed by atoms with Crippen molar-refractivity contribution in [2.24, 2.45) is 0 Å². The fourth-order valence-electron chi connectivity index (χ4n) is 2.78. The molecule has 136 valence electrons. The molecule has 1 aliphatic rings. The predicted molar refractivity (Wildman–Crippen MR) is 105 cm³/mol. The summed E-state index contributed by atoms with van der Waals surface area (Å²) in [7, 11) is -1.82. The molecule has 4 N–H and O–H groups in total. The van der Waals surface area contributed by atoms with E-state index >= 15 is 0 Å². The summed E-state index contributed by atoms with van der Waals surface area (Å²) in [6.07, 6.45) is 1.15. The Morgan fingerprint density at radius 1 is 1.15 bits per heavy atom. The first-order valence-electron chi connectivity index (χ1n) is 7.90. The summed E-state index contributed by atoms with van der Waals surface area (Å²) in [5.74, 6) is -0.191. The molecular formula is C18H20N4O3S. The molecular weight excluding hydrogens is 352 g/mol. The first kappa shape index (κ1) is 17.8. The molecule has 1 aliphatic heterocycles. The molecule has 0 saturated heterocycles. The number of carbonyl (C=O) groups excluding carboxylic acids is 1. The summed E-state index contributed by atoms with van der Waals surface area (Å²) in [6.45, 7) is 1.81. The molecule has 26 heavy (non-hydrogen) atoms. The van der Waals surface area contributed by atoms with Crippen LogP contribution in [0.1, 0.15) is 12.5 Å². The molecule has 0 aliphatic carbocycles. The van der Waals surface area contributed by atoms with E-state index in [1.807, 2.05) is 6.92 Å². The van der Waals surface area contributed by atoms with E-state index in [0.29, 0.717) is 22.6 Å². The lowest BCUT2D eigenvalue weighted by Crippen LogP contribution is -2.24. The van der Waals surface area contributed by atoms with Gasteiger partial charge in [-0.3, -0.25) is 9.10 Å². The van der Waals surface area contributed by atoms with Crippen molar-refractivity contribution >= 4 is 44.3 Å². The number of hydrogen-bond donors (Lipinski definition) is 3. The van der Waals surface area contributed by atoms with Crippen molar-refractivity contribution in [3.8, 4) is 0 Å². The molecule has 2 aromatic carbocycles. The number of anilines is 4. The number of nitrogens with zero attached hydrogens (tertiary/aromatic N) is 1. The van der Waals surface area contributed by atoms with Crippen LogP contribution < -0.4 is 20.7 Å². The summed E-state index contributed by atoms with van der Waals surface area (Å²) in [4.78, 5) is 12.3. The van der Waals surface area contributed by atoms with Crippen molar-refractivity contribution < 1.29 is 13.2 Å². The van der Waals surface area contributed by atoms with E-state index in [4.69, 9.17) is 5.73 Å². The van der Waals surface area contributed by atoms with Crippen LogP contribution in [0.25, 0.3) is 5.57 Å². The Morgan fingerprint density at radius 3 is 2.42 bits per heavy atom. The molecule has 0 fully saturated rings. The SMILES string of the molecule is C/C(Nc1ccc(N(C)S(C)(=O)=O)cc1)=C1/C(=O)Nc2ccc(N)cc21. The number of allylic oxidation sites excluding steroid dienone is 1. The van der Waals surface area contributed by atoms with Gasteiger partial charge in [-0.05, 0) is 49.4 Å². The van der Waals surface area contributed by atoms with Crippen LogP contribution in [-0.4, -0.2) is 27.6 Å². The smallest absolute Gasteiger partial charge is 0.258 e. The van der Waals surface area contributed by atoms with Crippen LogP contribution in [0.15, 0.2) is 48.2 Å². The van der Waals surface area contributed by atoms with Gasteiger partial charge in [0.05, 0.1) is 17.5 Å². The summed E-state index contributed by atoms with van der Waals surface area (Å²) in [5.41, 5.74) is 10.4. The van der Waals surface area contributed by atoms with Crippen LogP contribution in [0.5, 0.6) is 0 Å². The minimum Gasteiger partial charge on any atom is -0.399 e. The maximum Gasteiger partial charge on any atom is 0.258 e. The highest BCUT2D eigenvalue weighted by molar-refractivity contribution is 7.92. The molecule has 0 saturated carbocycles. The number of nitrogen functional groups attached to an aromatic ring is 1. The van der Waals surface area contributed by atoms with E-state index < -0.39 is 10.0 Å². The number of hydrogen-bond acceptors (Lipinski definition) is 5. The van der Waals surface area contributed by atoms with Gasteiger partial charge < -0.3 is 16.4 Å². The number of fused-ring (bicyclic) bond motifs is 1. The first-order chi connectivity index (χ1) is 12.2. The second-order valence-electron chi connectivity index (χ2n) is 6.16. The third-order valence-electron chi connectivity index (χ3n) is 4.22. The van der Waals surface area contributed by atoms with Crippen LogP contribution in [0.2, 0.25) is 0 Å². The normalized spacial score (nSPS) is 15.3. The highest BCUT2D eigenvalue weighted by Crippen LogP contribution is 2.35. The molecule has 7 nitrogen and oxygen atoms in total. The van der Waals surface area contributed by atoms with E-state index in [1.54, 1.807) is 42.5 Å². The van der Waals surface area contributed by atoms with Gasteiger partial charge in [-0.1, -0.05) is 0 Å². The van der Waals surface area contributed by atoms with Gasteiger partial charge in [0.15, 0.2) is 0 Å². The molecule has 0 unspecified atom stereocenters. The Bertz CT molecular complexity index is 1010. The lowest BCUT2D eigenvalue weighted by molar-refractivity contribution is -0.110. The van der Waals surface area contributed by atoms with Gasteiger partial charge in [0.1, 0.15) is 0 Å². The highest BCUT2D eigenvalue weighted by atomic mass is 32.2. The predicted octanol–water partition coefficient (Wildman–Crippen LogP) is 2.46. The van der Waals surface area contributed by atoms with Gasteiger partial charge in [0.2, 0.25) is 10.0 Å². The molecule has 0 spiro atoms. The average molecular weight is 372 g/mol. The van der Waals surface area contributed by atoms with Crippen LogP contribution in [0, 0.1) is 0 Å². The number of sulfonamides is 1. The maximum absolute atomic E-state index is 12.3. The topological polar surface area (TPSA) is 105 Å². The van der Waals surface area contributed by atoms with Crippen molar-refractivity contribution in [1.82, 2.24) is 0 Å². The van der Waals surface area contributed by atoms with E-state index in [0.717, 1.165) is 23.2 Å². The Hall–Kier alpha value is -3.00. The fraction of sp³-hybridized carbons (Fsp3) is 0.167. The molecule has 8 heteroatoms. The lowest BCUT2D eigenvalue weighted by atomic mass is 10.0. The van der Waals surface area contributed by atoms with Gasteiger partial charge in [-0.15, -0.1) is 0 Å². The molecule has 1 heterocycles. The van der Waals surface area contributed by atoms with E-state index in [-0.39, 0.29) is 5.91 Å². The number of rotatable bonds is 4. The lowest BCUT2D eigenvalue weighted by Gasteiger charge is -2.17. The minimum absolute atomic E-state index is 0.191. The van der Waals surface area contributed by atoms with E-state index in [1.165, 1.54) is 11.4 Å². The van der Waals surface area contributed by atoms with Crippen molar-refractivity contribution in [3.63, 3.8) is 0 Å². The Labute approximate surface area is 152 Å². The number of nitrogens with one attached hydrogen (secondary N) is 2. The molecule has 0 bridgehead atoms. The van der Waals surface area contributed by atoms with E-state index in [2.05, 4.69) is 10.6 Å². The standard InChI is InChI=1S/C18H20N4O3S/c1-11(17-15-10-12(19)4-9-16(15)21-18(17)23)20-13-5-7-14(8-6-13)22(2)26(3,24)25/h4-10,20H,19H2,1-3H3,(H,21,23)/b17-11-. The van der Waals surface area contributed by atoms with Crippen molar-refractivity contribution in [2.75, 3.05) is 34.0 Å². The van der Waals surface area contributed by atoms with Gasteiger partial charge in [-0.2, -0.15) is 0 Å². The Kier molecular flexibility index (Phi) is 4.37. The maximum atomic E-state index is 12.3. The van der Waals surface area contributed by atoms with Crippen LogP contribution in [-0.2, 0) is 14.8 Å². The van der Waals surface area contributed by atoms with Gasteiger partial charge in [0.25, 0.3) is 5.91 Å². The van der Waals surface area contributed by atoms with Crippen molar-refractivity contribution in [3.05, 3.63) is 53.7 Å². The van der Waals surface area contributed by atoms with E-state index in [9.17, 15) is 13.2 Å². The monoisotopic (exact) mass is 372 g/mol. The van der Waals surface area contributed by atoms with Crippen molar-refractivity contribution in [1.29, 1.82) is 0 Å². The molecule has 0 radical (unpaired) electrons. The zero-order valence-corrected chi connectivity index (χ0v) is 15.5. The molecule has 2 aromatic rings. The third-order valence-corrected chi connectivity index (χ3v) is 5.43. The number of benzene rings is 2. The largest absolute Gasteiger partial charge is 0.399 e. The van der Waals surface area contributed by atoms with Gasteiger partial charge in [0, 0.05) is 35.4 Å². The van der Waals surface area contributed by atoms with Crippen LogP contribution in [0.3, 0.4) is 0 Å². The summed E-state index contributed by atoms with van der Waals surface area (Å²) in [5, 5.41) is 6.01. The van der Waals surface area contributed by atoms with Gasteiger partial charge >= 0.3 is 0 Å².